The Morgan fingerprint density at radius 1 is 1.12 bits per heavy atom. The van der Waals surface area contributed by atoms with Crippen molar-refractivity contribution in [1.82, 2.24) is 4.90 Å². The number of anilines is 1. The molecule has 1 fully saturated rings. The summed E-state index contributed by atoms with van der Waals surface area (Å²) < 4.78 is 0. The maximum atomic E-state index is 13.1. The average Bonchev–Trinajstić information content (AvgIpc) is 3.04. The van der Waals surface area contributed by atoms with E-state index in [1.54, 1.807) is 40.1 Å². The summed E-state index contributed by atoms with van der Waals surface area (Å²) in [6.45, 7) is 2.74. The van der Waals surface area contributed by atoms with E-state index in [0.717, 1.165) is 12.0 Å². The van der Waals surface area contributed by atoms with Gasteiger partial charge in [-0.25, -0.2) is 0 Å². The number of amides is 3. The number of primary amides is 1. The third kappa shape index (κ3) is 3.74. The van der Waals surface area contributed by atoms with E-state index in [9.17, 15) is 14.4 Å². The molecule has 0 unspecified atom stereocenters. The van der Waals surface area contributed by atoms with Gasteiger partial charge in [-0.05, 0) is 49.7 Å². The zero-order chi connectivity index (χ0) is 18.7. The van der Waals surface area contributed by atoms with Gasteiger partial charge < -0.3 is 10.6 Å². The fraction of sp³-hybridized carbons (Fsp3) is 0.250. The molecule has 2 aromatic rings. The van der Waals surface area contributed by atoms with Crippen LogP contribution in [-0.4, -0.2) is 35.8 Å². The smallest absolute Gasteiger partial charge is 0.259 e. The van der Waals surface area contributed by atoms with Gasteiger partial charge in [0.1, 0.15) is 6.67 Å². The SMILES string of the molecule is Cc1cccc(C(=O)N(CN2CCCC2=O)c2ccc(C(N)=O)cc2)c1. The van der Waals surface area contributed by atoms with Crippen molar-refractivity contribution in [3.05, 3.63) is 65.2 Å². The lowest BCUT2D eigenvalue weighted by Crippen LogP contribution is -2.42. The lowest BCUT2D eigenvalue weighted by Gasteiger charge is -2.28. The number of nitrogens with zero attached hydrogens (tertiary/aromatic N) is 2. The van der Waals surface area contributed by atoms with Crippen molar-refractivity contribution >= 4 is 23.4 Å². The van der Waals surface area contributed by atoms with Gasteiger partial charge in [-0.1, -0.05) is 17.7 Å². The van der Waals surface area contributed by atoms with Crippen molar-refractivity contribution in [3.63, 3.8) is 0 Å². The second-order valence-corrected chi connectivity index (χ2v) is 6.42. The van der Waals surface area contributed by atoms with Gasteiger partial charge in [-0.2, -0.15) is 0 Å². The fourth-order valence-electron chi connectivity index (χ4n) is 3.03. The quantitative estimate of drug-likeness (QED) is 0.897. The summed E-state index contributed by atoms with van der Waals surface area (Å²) in [5, 5.41) is 0. The third-order valence-corrected chi connectivity index (χ3v) is 4.46. The number of benzene rings is 2. The largest absolute Gasteiger partial charge is 0.366 e. The molecule has 6 heteroatoms. The van der Waals surface area contributed by atoms with Crippen LogP contribution in [-0.2, 0) is 4.79 Å². The highest BCUT2D eigenvalue weighted by Crippen LogP contribution is 2.21. The molecular weight excluding hydrogens is 330 g/mol. The van der Waals surface area contributed by atoms with Crippen LogP contribution in [0.3, 0.4) is 0 Å². The molecule has 1 aliphatic rings. The Morgan fingerprint density at radius 2 is 1.85 bits per heavy atom. The fourth-order valence-corrected chi connectivity index (χ4v) is 3.03. The van der Waals surface area contributed by atoms with Crippen LogP contribution < -0.4 is 10.6 Å². The van der Waals surface area contributed by atoms with Crippen molar-refractivity contribution in [2.75, 3.05) is 18.1 Å². The molecular formula is C20H21N3O3. The molecule has 1 aliphatic heterocycles. The zero-order valence-corrected chi connectivity index (χ0v) is 14.6. The molecule has 0 spiro atoms. The highest BCUT2D eigenvalue weighted by molar-refractivity contribution is 6.06. The van der Waals surface area contributed by atoms with E-state index in [-0.39, 0.29) is 18.5 Å². The topological polar surface area (TPSA) is 83.7 Å². The van der Waals surface area contributed by atoms with Crippen LogP contribution in [0.1, 0.15) is 39.1 Å². The molecule has 26 heavy (non-hydrogen) atoms. The molecule has 6 nitrogen and oxygen atoms in total. The molecule has 0 aliphatic carbocycles. The van der Waals surface area contributed by atoms with Gasteiger partial charge in [0, 0.05) is 29.8 Å². The van der Waals surface area contributed by atoms with Crippen LogP contribution in [0.25, 0.3) is 0 Å². The molecule has 1 saturated heterocycles. The van der Waals surface area contributed by atoms with Gasteiger partial charge in [0.05, 0.1) is 0 Å². The maximum Gasteiger partial charge on any atom is 0.259 e. The van der Waals surface area contributed by atoms with Crippen LogP contribution in [0.5, 0.6) is 0 Å². The van der Waals surface area contributed by atoms with E-state index in [4.69, 9.17) is 5.73 Å². The van der Waals surface area contributed by atoms with Crippen LogP contribution in [0.15, 0.2) is 48.5 Å². The molecule has 2 N–H and O–H groups in total. The molecule has 134 valence electrons. The number of carbonyl (C=O) groups is 3. The Hall–Kier alpha value is -3.15. The Morgan fingerprint density at radius 3 is 2.42 bits per heavy atom. The summed E-state index contributed by atoms with van der Waals surface area (Å²) in [7, 11) is 0. The molecule has 0 radical (unpaired) electrons. The number of likely N-dealkylation sites (tertiary alicyclic amines) is 1. The second-order valence-electron chi connectivity index (χ2n) is 6.42. The molecule has 3 rings (SSSR count). The predicted molar refractivity (Wildman–Crippen MR) is 98.8 cm³/mol. The number of rotatable bonds is 5. The Labute approximate surface area is 152 Å². The lowest BCUT2D eigenvalue weighted by atomic mass is 10.1. The minimum atomic E-state index is -0.525. The highest BCUT2D eigenvalue weighted by Gasteiger charge is 2.26. The second kappa shape index (κ2) is 7.39. The van der Waals surface area contributed by atoms with Crippen molar-refractivity contribution in [3.8, 4) is 0 Å². The summed E-state index contributed by atoms with van der Waals surface area (Å²) in [6.07, 6.45) is 1.30. The van der Waals surface area contributed by atoms with E-state index >= 15 is 0 Å². The maximum absolute atomic E-state index is 13.1. The first-order valence-corrected chi connectivity index (χ1v) is 8.52. The van der Waals surface area contributed by atoms with Crippen LogP contribution in [0.2, 0.25) is 0 Å². The first-order chi connectivity index (χ1) is 12.5. The van der Waals surface area contributed by atoms with Gasteiger partial charge in [0.25, 0.3) is 5.91 Å². The van der Waals surface area contributed by atoms with Gasteiger partial charge >= 0.3 is 0 Å². The number of hydrogen-bond acceptors (Lipinski definition) is 3. The third-order valence-electron chi connectivity index (χ3n) is 4.46. The predicted octanol–water partition coefficient (Wildman–Crippen LogP) is 2.32. The number of aryl methyl sites for hydroxylation is 1. The highest BCUT2D eigenvalue weighted by atomic mass is 16.2. The first-order valence-electron chi connectivity index (χ1n) is 8.52. The summed E-state index contributed by atoms with van der Waals surface area (Å²) >= 11 is 0. The van der Waals surface area contributed by atoms with Crippen molar-refractivity contribution in [2.45, 2.75) is 19.8 Å². The summed E-state index contributed by atoms with van der Waals surface area (Å²) in [5.41, 5.74) is 7.80. The zero-order valence-electron chi connectivity index (χ0n) is 14.6. The van der Waals surface area contributed by atoms with Gasteiger partial charge in [0.15, 0.2) is 0 Å². The van der Waals surface area contributed by atoms with Crippen LogP contribution in [0.4, 0.5) is 5.69 Å². The van der Waals surface area contributed by atoms with E-state index in [1.807, 2.05) is 25.1 Å². The Balaban J connectivity index is 1.94. The normalized spacial score (nSPS) is 13.7. The number of nitrogens with two attached hydrogens (primary N) is 1. The van der Waals surface area contributed by atoms with E-state index in [1.165, 1.54) is 0 Å². The van der Waals surface area contributed by atoms with E-state index in [0.29, 0.717) is 29.8 Å². The van der Waals surface area contributed by atoms with Crippen molar-refractivity contribution in [1.29, 1.82) is 0 Å². The molecule has 0 atom stereocenters. The molecule has 3 amide bonds. The number of carbonyl (C=O) groups excluding carboxylic acids is 3. The molecule has 0 aromatic heterocycles. The van der Waals surface area contributed by atoms with Gasteiger partial charge in [0.2, 0.25) is 11.8 Å². The van der Waals surface area contributed by atoms with Crippen molar-refractivity contribution < 1.29 is 14.4 Å². The standard InChI is InChI=1S/C20H21N3O3/c1-14-4-2-5-16(12-14)20(26)23(13-22-11-3-6-18(22)24)17-9-7-15(8-10-17)19(21)25/h2,4-5,7-10,12H,3,6,11,13H2,1H3,(H2,21,25). The Kier molecular flexibility index (Phi) is 5.02. The monoisotopic (exact) mass is 351 g/mol. The molecule has 0 saturated carbocycles. The minimum Gasteiger partial charge on any atom is -0.366 e. The minimum absolute atomic E-state index is 0.0424. The summed E-state index contributed by atoms with van der Waals surface area (Å²) in [4.78, 5) is 39.7. The average molecular weight is 351 g/mol. The van der Waals surface area contributed by atoms with Crippen LogP contribution in [0, 0.1) is 6.92 Å². The van der Waals surface area contributed by atoms with Gasteiger partial charge in [-0.3, -0.25) is 19.3 Å². The summed E-state index contributed by atoms with van der Waals surface area (Å²) in [5.74, 6) is -0.677. The van der Waals surface area contributed by atoms with E-state index < -0.39 is 5.91 Å². The van der Waals surface area contributed by atoms with Crippen molar-refractivity contribution in [2.24, 2.45) is 5.73 Å². The number of hydrogen-bond donors (Lipinski definition) is 1. The Bertz CT molecular complexity index is 846. The first kappa shape index (κ1) is 17.7. The molecule has 1 heterocycles. The van der Waals surface area contributed by atoms with Gasteiger partial charge in [-0.15, -0.1) is 0 Å². The molecule has 0 bridgehead atoms. The van der Waals surface area contributed by atoms with E-state index in [2.05, 4.69) is 0 Å². The summed E-state index contributed by atoms with van der Waals surface area (Å²) in [6, 6.07) is 13.8. The lowest BCUT2D eigenvalue weighted by molar-refractivity contribution is -0.127. The molecule has 2 aromatic carbocycles. The van der Waals surface area contributed by atoms with Crippen LogP contribution >= 0.6 is 0 Å².